The van der Waals surface area contributed by atoms with E-state index in [0.29, 0.717) is 12.8 Å². The van der Waals surface area contributed by atoms with E-state index in [9.17, 15) is 14.7 Å². The maximum Gasteiger partial charge on any atom is 0.306 e. The summed E-state index contributed by atoms with van der Waals surface area (Å²) in [5, 5.41) is 9.52. The second-order valence-corrected chi connectivity index (χ2v) is 13.4. The van der Waals surface area contributed by atoms with E-state index in [1.165, 1.54) is 141 Å². The number of aliphatic hydroxyl groups is 1. The molecule has 5 nitrogen and oxygen atoms in total. The summed E-state index contributed by atoms with van der Waals surface area (Å²) in [5.74, 6) is -0.594. The third-order valence-corrected chi connectivity index (χ3v) is 8.79. The molecule has 0 saturated carbocycles. The largest absolute Gasteiger partial charge is 0.462 e. The summed E-state index contributed by atoms with van der Waals surface area (Å²) in [5.41, 5.74) is 0. The molecule has 1 unspecified atom stereocenters. The minimum atomic E-state index is -0.768. The zero-order chi connectivity index (χ0) is 32.9. The van der Waals surface area contributed by atoms with Crippen LogP contribution in [0.3, 0.4) is 0 Å². The Morgan fingerprint density at radius 1 is 0.489 bits per heavy atom. The molecule has 0 bridgehead atoms. The van der Waals surface area contributed by atoms with Crippen molar-refractivity contribution in [3.63, 3.8) is 0 Å². The van der Waals surface area contributed by atoms with Gasteiger partial charge in [-0.3, -0.25) is 9.59 Å². The lowest BCUT2D eigenvalue weighted by molar-refractivity contribution is -0.161. The minimum Gasteiger partial charge on any atom is -0.462 e. The summed E-state index contributed by atoms with van der Waals surface area (Å²) < 4.78 is 10.6. The van der Waals surface area contributed by atoms with Gasteiger partial charge in [0, 0.05) is 12.8 Å². The lowest BCUT2D eigenvalue weighted by atomic mass is 10.0. The first-order chi connectivity index (χ1) is 22.1. The van der Waals surface area contributed by atoms with Crippen LogP contribution < -0.4 is 0 Å². The zero-order valence-corrected chi connectivity index (χ0v) is 30.1. The predicted molar refractivity (Wildman–Crippen MR) is 192 cm³/mol. The molecule has 0 aromatic heterocycles. The highest BCUT2D eigenvalue weighted by atomic mass is 16.6. The van der Waals surface area contributed by atoms with Crippen LogP contribution in [0.1, 0.15) is 213 Å². The number of hydrogen-bond donors (Lipinski definition) is 1. The van der Waals surface area contributed by atoms with Gasteiger partial charge < -0.3 is 14.6 Å². The number of ether oxygens (including phenoxy) is 2. The first-order valence-corrected chi connectivity index (χ1v) is 19.7. The Kier molecular flexibility index (Phi) is 36.0. The van der Waals surface area contributed by atoms with Crippen LogP contribution >= 0.6 is 0 Å². The number of carbonyl (C=O) groups is 2. The molecule has 0 radical (unpaired) electrons. The summed E-state index contributed by atoms with van der Waals surface area (Å²) in [7, 11) is 0. The SMILES string of the molecule is CCC/C=C\CCCCCCCC(=O)OC(CO)COC(=O)CCCCCCCCCCCCCCCCCCCCCCC. The smallest absolute Gasteiger partial charge is 0.306 e. The van der Waals surface area contributed by atoms with Crippen molar-refractivity contribution in [1.29, 1.82) is 0 Å². The Balaban J connectivity index is 3.45. The molecule has 45 heavy (non-hydrogen) atoms. The van der Waals surface area contributed by atoms with Gasteiger partial charge in [-0.1, -0.05) is 180 Å². The third-order valence-electron chi connectivity index (χ3n) is 8.79. The first-order valence-electron chi connectivity index (χ1n) is 19.7. The molecule has 5 heteroatoms. The fourth-order valence-corrected chi connectivity index (χ4v) is 5.79. The van der Waals surface area contributed by atoms with Crippen molar-refractivity contribution in [1.82, 2.24) is 0 Å². The van der Waals surface area contributed by atoms with Crippen molar-refractivity contribution in [2.75, 3.05) is 13.2 Å². The summed E-state index contributed by atoms with van der Waals surface area (Å²) in [6.45, 7) is 4.08. The van der Waals surface area contributed by atoms with Gasteiger partial charge in [0.25, 0.3) is 0 Å². The van der Waals surface area contributed by atoms with Crippen molar-refractivity contribution in [3.05, 3.63) is 12.2 Å². The van der Waals surface area contributed by atoms with E-state index in [4.69, 9.17) is 9.47 Å². The molecular formula is C40H76O5. The quantitative estimate of drug-likeness (QED) is 0.0421. The molecule has 0 spiro atoms. The van der Waals surface area contributed by atoms with E-state index in [2.05, 4.69) is 26.0 Å². The molecule has 0 aliphatic rings. The van der Waals surface area contributed by atoms with Gasteiger partial charge in [0.15, 0.2) is 6.10 Å². The molecule has 0 aromatic carbocycles. The fraction of sp³-hybridized carbons (Fsp3) is 0.900. The Morgan fingerprint density at radius 2 is 0.867 bits per heavy atom. The van der Waals surface area contributed by atoms with E-state index in [-0.39, 0.29) is 25.2 Å². The minimum absolute atomic E-state index is 0.0636. The average Bonchev–Trinajstić information content (AvgIpc) is 3.04. The van der Waals surface area contributed by atoms with Crippen LogP contribution in [0.5, 0.6) is 0 Å². The van der Waals surface area contributed by atoms with Crippen molar-refractivity contribution in [2.45, 2.75) is 219 Å². The molecule has 0 fully saturated rings. The monoisotopic (exact) mass is 637 g/mol. The molecule has 0 aliphatic heterocycles. The Hall–Kier alpha value is -1.36. The number of aliphatic hydroxyl groups excluding tert-OH is 1. The highest BCUT2D eigenvalue weighted by molar-refractivity contribution is 5.70. The van der Waals surface area contributed by atoms with Crippen molar-refractivity contribution < 1.29 is 24.2 Å². The van der Waals surface area contributed by atoms with Gasteiger partial charge in [0.1, 0.15) is 6.61 Å². The number of esters is 2. The number of unbranched alkanes of at least 4 members (excludes halogenated alkanes) is 26. The number of rotatable bonds is 36. The van der Waals surface area contributed by atoms with Crippen LogP contribution in [0.4, 0.5) is 0 Å². The van der Waals surface area contributed by atoms with Crippen LogP contribution in [0.15, 0.2) is 12.2 Å². The summed E-state index contributed by atoms with van der Waals surface area (Å²) in [4.78, 5) is 24.2. The van der Waals surface area contributed by atoms with E-state index in [0.717, 1.165) is 44.9 Å². The van der Waals surface area contributed by atoms with Crippen molar-refractivity contribution >= 4 is 11.9 Å². The van der Waals surface area contributed by atoms with Gasteiger partial charge in [-0.05, 0) is 32.1 Å². The molecular weight excluding hydrogens is 560 g/mol. The molecule has 0 aliphatic carbocycles. The summed E-state index contributed by atoms with van der Waals surface area (Å²) in [6.07, 6.45) is 41.4. The number of carbonyl (C=O) groups excluding carboxylic acids is 2. The van der Waals surface area contributed by atoms with E-state index in [1.54, 1.807) is 0 Å². The number of hydrogen-bond acceptors (Lipinski definition) is 5. The normalized spacial score (nSPS) is 12.2. The topological polar surface area (TPSA) is 72.8 Å². The van der Waals surface area contributed by atoms with Gasteiger partial charge in [-0.25, -0.2) is 0 Å². The van der Waals surface area contributed by atoms with Crippen LogP contribution in [-0.2, 0) is 19.1 Å². The van der Waals surface area contributed by atoms with Crippen molar-refractivity contribution in [3.8, 4) is 0 Å². The Morgan fingerprint density at radius 3 is 1.29 bits per heavy atom. The highest BCUT2D eigenvalue weighted by Crippen LogP contribution is 2.16. The maximum absolute atomic E-state index is 12.1. The predicted octanol–water partition coefficient (Wildman–Crippen LogP) is 12.1. The molecule has 0 amide bonds. The van der Waals surface area contributed by atoms with Gasteiger partial charge in [0.05, 0.1) is 6.61 Å². The average molecular weight is 637 g/mol. The van der Waals surface area contributed by atoms with Gasteiger partial charge in [-0.15, -0.1) is 0 Å². The molecule has 0 saturated heterocycles. The molecule has 0 rings (SSSR count). The lowest BCUT2D eigenvalue weighted by Gasteiger charge is -2.15. The molecule has 0 heterocycles. The molecule has 266 valence electrons. The van der Waals surface area contributed by atoms with Gasteiger partial charge in [0.2, 0.25) is 0 Å². The zero-order valence-electron chi connectivity index (χ0n) is 30.1. The summed E-state index contributed by atoms with van der Waals surface area (Å²) in [6, 6.07) is 0. The van der Waals surface area contributed by atoms with Gasteiger partial charge >= 0.3 is 11.9 Å². The standard InChI is InChI=1S/C40H76O5/c1-3-5-7-9-11-13-15-16-17-18-19-20-21-22-23-24-25-27-28-30-32-34-39(42)44-37-38(36-41)45-40(43)35-33-31-29-26-14-12-10-8-6-4-2/h8,10,38,41H,3-7,9,11-37H2,1-2H3/b10-8-. The lowest BCUT2D eigenvalue weighted by Crippen LogP contribution is -2.28. The number of allylic oxidation sites excluding steroid dienone is 2. The van der Waals surface area contributed by atoms with Gasteiger partial charge in [-0.2, -0.15) is 0 Å². The first kappa shape index (κ1) is 43.6. The van der Waals surface area contributed by atoms with Crippen molar-refractivity contribution in [2.24, 2.45) is 0 Å². The van der Waals surface area contributed by atoms with Crippen LogP contribution in [0.2, 0.25) is 0 Å². The highest BCUT2D eigenvalue weighted by Gasteiger charge is 2.16. The van der Waals surface area contributed by atoms with Crippen LogP contribution in [0.25, 0.3) is 0 Å². The maximum atomic E-state index is 12.1. The van der Waals surface area contributed by atoms with E-state index >= 15 is 0 Å². The molecule has 1 N–H and O–H groups in total. The van der Waals surface area contributed by atoms with E-state index in [1.807, 2.05) is 0 Å². The van der Waals surface area contributed by atoms with Crippen LogP contribution in [0, 0.1) is 0 Å². The fourth-order valence-electron chi connectivity index (χ4n) is 5.79. The van der Waals surface area contributed by atoms with Crippen LogP contribution in [-0.4, -0.2) is 36.4 Å². The Labute approximate surface area is 280 Å². The second kappa shape index (κ2) is 37.1. The van der Waals surface area contributed by atoms with E-state index < -0.39 is 6.10 Å². The summed E-state index contributed by atoms with van der Waals surface area (Å²) >= 11 is 0. The second-order valence-electron chi connectivity index (χ2n) is 13.4. The third kappa shape index (κ3) is 35.3. The Bertz CT molecular complexity index is 647. The molecule has 1 atom stereocenters. The molecule has 0 aromatic rings.